The number of hydrogen-bond donors (Lipinski definition) is 0. The van der Waals surface area contributed by atoms with Gasteiger partial charge in [-0.25, -0.2) is 0 Å². The highest BCUT2D eigenvalue weighted by Crippen LogP contribution is 2.29. The van der Waals surface area contributed by atoms with Crippen LogP contribution in [0.25, 0.3) is 0 Å². The van der Waals surface area contributed by atoms with Crippen LogP contribution in [-0.2, 0) is 11.2 Å². The van der Waals surface area contributed by atoms with Crippen LogP contribution in [-0.4, -0.2) is 52.9 Å². The first-order valence-electron chi connectivity index (χ1n) is 9.09. The largest absolute Gasteiger partial charge is 0.361 e. The molecule has 3 rings (SSSR count). The summed E-state index contributed by atoms with van der Waals surface area (Å²) in [6.45, 7) is 3.42. The third-order valence-corrected chi connectivity index (χ3v) is 5.16. The fourth-order valence-corrected chi connectivity index (χ4v) is 3.94. The number of rotatable bonds is 6. The van der Waals surface area contributed by atoms with Gasteiger partial charge in [0.05, 0.1) is 0 Å². The standard InChI is InChI=1S/C18H27N3O3/c1-3-6-15-10-16(19-24-15)18(23)20(2)11-13-9-17(22)21(12-13)14-7-4-5-8-14/h10,13-14H,3-9,11-12H2,1-2H3/t13-/m1/s1. The Morgan fingerprint density at radius 1 is 1.42 bits per heavy atom. The molecule has 0 N–H and O–H groups in total. The summed E-state index contributed by atoms with van der Waals surface area (Å²) in [4.78, 5) is 28.5. The average Bonchev–Trinajstić information content (AvgIpc) is 3.27. The van der Waals surface area contributed by atoms with E-state index in [9.17, 15) is 9.59 Å². The Morgan fingerprint density at radius 3 is 2.88 bits per heavy atom. The van der Waals surface area contributed by atoms with Crippen LogP contribution in [0.2, 0.25) is 0 Å². The van der Waals surface area contributed by atoms with Gasteiger partial charge in [-0.15, -0.1) is 0 Å². The number of hydrogen-bond acceptors (Lipinski definition) is 4. The van der Waals surface area contributed by atoms with Crippen molar-refractivity contribution in [2.24, 2.45) is 5.92 Å². The van der Waals surface area contributed by atoms with E-state index < -0.39 is 0 Å². The Kier molecular flexibility index (Phi) is 5.21. The summed E-state index contributed by atoms with van der Waals surface area (Å²) in [6, 6.07) is 2.16. The highest BCUT2D eigenvalue weighted by Gasteiger charge is 2.36. The van der Waals surface area contributed by atoms with Crippen molar-refractivity contribution < 1.29 is 14.1 Å². The van der Waals surface area contributed by atoms with Crippen LogP contribution >= 0.6 is 0 Å². The SMILES string of the molecule is CCCc1cc(C(=O)N(C)C[C@H]2CC(=O)N(C3CCCC3)C2)no1. The van der Waals surface area contributed by atoms with E-state index in [1.807, 2.05) is 4.90 Å². The number of aromatic nitrogens is 1. The highest BCUT2D eigenvalue weighted by atomic mass is 16.5. The Morgan fingerprint density at radius 2 is 2.17 bits per heavy atom. The molecule has 6 nitrogen and oxygen atoms in total. The van der Waals surface area contributed by atoms with Crippen molar-refractivity contribution in [3.8, 4) is 0 Å². The van der Waals surface area contributed by atoms with Crippen LogP contribution in [0.1, 0.15) is 61.7 Å². The lowest BCUT2D eigenvalue weighted by Crippen LogP contribution is -2.36. The molecule has 0 radical (unpaired) electrons. The van der Waals surface area contributed by atoms with Crippen molar-refractivity contribution >= 4 is 11.8 Å². The first-order chi connectivity index (χ1) is 11.6. The van der Waals surface area contributed by atoms with E-state index in [0.29, 0.717) is 24.7 Å². The molecule has 0 aromatic carbocycles. The van der Waals surface area contributed by atoms with Gasteiger partial charge < -0.3 is 14.3 Å². The number of aryl methyl sites for hydroxylation is 1. The molecule has 2 fully saturated rings. The van der Waals surface area contributed by atoms with Gasteiger partial charge in [0.1, 0.15) is 5.76 Å². The molecule has 24 heavy (non-hydrogen) atoms. The van der Waals surface area contributed by atoms with Gasteiger partial charge in [0, 0.05) is 51.0 Å². The quantitative estimate of drug-likeness (QED) is 0.802. The molecule has 2 heterocycles. The highest BCUT2D eigenvalue weighted by molar-refractivity contribution is 5.92. The smallest absolute Gasteiger partial charge is 0.275 e. The monoisotopic (exact) mass is 333 g/mol. The zero-order valence-corrected chi connectivity index (χ0v) is 14.7. The maximum absolute atomic E-state index is 12.5. The molecule has 0 unspecified atom stereocenters. The first-order valence-corrected chi connectivity index (χ1v) is 9.09. The fraction of sp³-hybridized carbons (Fsp3) is 0.722. The molecule has 2 amide bonds. The summed E-state index contributed by atoms with van der Waals surface area (Å²) in [6.07, 6.45) is 7.01. The summed E-state index contributed by atoms with van der Waals surface area (Å²) in [5.74, 6) is 1.08. The lowest BCUT2D eigenvalue weighted by Gasteiger charge is -2.25. The summed E-state index contributed by atoms with van der Waals surface area (Å²) in [5.41, 5.74) is 0.359. The van der Waals surface area contributed by atoms with E-state index in [2.05, 4.69) is 12.1 Å². The minimum atomic E-state index is -0.132. The zero-order valence-electron chi connectivity index (χ0n) is 14.7. The van der Waals surface area contributed by atoms with Gasteiger partial charge in [0.2, 0.25) is 5.91 Å². The second kappa shape index (κ2) is 7.36. The van der Waals surface area contributed by atoms with Crippen molar-refractivity contribution in [1.29, 1.82) is 0 Å². The first kappa shape index (κ1) is 17.0. The molecule has 6 heteroatoms. The Labute approximate surface area is 143 Å². The van der Waals surface area contributed by atoms with Gasteiger partial charge in [-0.2, -0.15) is 0 Å². The predicted molar refractivity (Wildman–Crippen MR) is 89.5 cm³/mol. The number of amides is 2. The van der Waals surface area contributed by atoms with E-state index in [0.717, 1.165) is 38.0 Å². The van der Waals surface area contributed by atoms with Crippen LogP contribution in [0.4, 0.5) is 0 Å². The molecule has 1 atom stereocenters. The maximum Gasteiger partial charge on any atom is 0.275 e. The molecule has 1 aromatic heterocycles. The molecule has 2 aliphatic rings. The van der Waals surface area contributed by atoms with E-state index in [-0.39, 0.29) is 17.7 Å². The molecule has 0 bridgehead atoms. The van der Waals surface area contributed by atoms with Gasteiger partial charge in [-0.3, -0.25) is 9.59 Å². The molecule has 1 saturated carbocycles. The average molecular weight is 333 g/mol. The summed E-state index contributed by atoms with van der Waals surface area (Å²) < 4.78 is 5.19. The van der Waals surface area contributed by atoms with Crippen LogP contribution in [0.5, 0.6) is 0 Å². The normalized spacial score (nSPS) is 21.7. The minimum Gasteiger partial charge on any atom is -0.361 e. The zero-order chi connectivity index (χ0) is 17.1. The lowest BCUT2D eigenvalue weighted by atomic mass is 10.1. The molecule has 1 aliphatic carbocycles. The Hall–Kier alpha value is -1.85. The third-order valence-electron chi connectivity index (χ3n) is 5.16. The number of nitrogens with zero attached hydrogens (tertiary/aromatic N) is 3. The van der Waals surface area contributed by atoms with Crippen molar-refractivity contribution in [2.75, 3.05) is 20.1 Å². The van der Waals surface area contributed by atoms with E-state index >= 15 is 0 Å². The molecule has 1 aromatic rings. The second-order valence-corrected chi connectivity index (χ2v) is 7.17. The predicted octanol–water partition coefficient (Wildman–Crippen LogP) is 2.49. The molecule has 1 aliphatic heterocycles. The van der Waals surface area contributed by atoms with Crippen molar-refractivity contribution in [2.45, 2.75) is 57.9 Å². The fourth-order valence-electron chi connectivity index (χ4n) is 3.94. The van der Waals surface area contributed by atoms with Crippen molar-refractivity contribution in [3.05, 3.63) is 17.5 Å². The molecule has 132 valence electrons. The van der Waals surface area contributed by atoms with Crippen LogP contribution in [0, 0.1) is 5.92 Å². The molecular formula is C18H27N3O3. The van der Waals surface area contributed by atoms with E-state index in [1.54, 1.807) is 18.0 Å². The number of carbonyl (C=O) groups is 2. The maximum atomic E-state index is 12.5. The van der Waals surface area contributed by atoms with Gasteiger partial charge >= 0.3 is 0 Å². The number of likely N-dealkylation sites (tertiary alicyclic amines) is 1. The van der Waals surface area contributed by atoms with Crippen LogP contribution in [0.15, 0.2) is 10.6 Å². The third kappa shape index (κ3) is 3.62. The van der Waals surface area contributed by atoms with Crippen LogP contribution < -0.4 is 0 Å². The van der Waals surface area contributed by atoms with E-state index in [4.69, 9.17) is 4.52 Å². The van der Waals surface area contributed by atoms with Gasteiger partial charge in [-0.1, -0.05) is 24.9 Å². The Balaban J connectivity index is 1.55. The lowest BCUT2D eigenvalue weighted by molar-refractivity contribution is -0.129. The van der Waals surface area contributed by atoms with Gasteiger partial charge in [-0.05, 0) is 19.3 Å². The molecule has 1 saturated heterocycles. The van der Waals surface area contributed by atoms with Gasteiger partial charge in [0.15, 0.2) is 5.69 Å². The van der Waals surface area contributed by atoms with E-state index in [1.165, 1.54) is 12.8 Å². The van der Waals surface area contributed by atoms with Gasteiger partial charge in [0.25, 0.3) is 5.91 Å². The topological polar surface area (TPSA) is 66.7 Å². The summed E-state index contributed by atoms with van der Waals surface area (Å²) in [5, 5.41) is 3.88. The van der Waals surface area contributed by atoms with Crippen LogP contribution in [0.3, 0.4) is 0 Å². The number of carbonyl (C=O) groups excluding carboxylic acids is 2. The van der Waals surface area contributed by atoms with Crippen molar-refractivity contribution in [1.82, 2.24) is 15.0 Å². The summed E-state index contributed by atoms with van der Waals surface area (Å²) in [7, 11) is 1.78. The Bertz CT molecular complexity index is 592. The minimum absolute atomic E-state index is 0.132. The summed E-state index contributed by atoms with van der Waals surface area (Å²) >= 11 is 0. The second-order valence-electron chi connectivity index (χ2n) is 7.17. The van der Waals surface area contributed by atoms with Crippen molar-refractivity contribution in [3.63, 3.8) is 0 Å². The molecule has 0 spiro atoms. The molecular weight excluding hydrogens is 306 g/mol.